The zero-order chi connectivity index (χ0) is 13.9. The van der Waals surface area contributed by atoms with Gasteiger partial charge in [-0.2, -0.15) is 0 Å². The standard InChI is InChI=1S/C13H16N6S/c14-12(15)11(9-4-2-1-3-5-9)8-20-13-16-17-18-19(13)10-6-7-10/h1-5,10-11H,6-8H2,(H3,14,15). The number of rotatable bonds is 6. The van der Waals surface area contributed by atoms with E-state index in [0.29, 0.717) is 11.8 Å². The van der Waals surface area contributed by atoms with Gasteiger partial charge in [-0.15, -0.1) is 5.10 Å². The normalized spacial score (nSPS) is 16.0. The van der Waals surface area contributed by atoms with Gasteiger partial charge in [0.15, 0.2) is 0 Å². The van der Waals surface area contributed by atoms with Crippen LogP contribution < -0.4 is 5.73 Å². The Bertz CT molecular complexity index is 592. The van der Waals surface area contributed by atoms with E-state index in [1.165, 1.54) is 0 Å². The van der Waals surface area contributed by atoms with Crippen LogP contribution in [0.1, 0.15) is 30.4 Å². The molecule has 0 amide bonds. The molecule has 1 unspecified atom stereocenters. The molecule has 0 bridgehead atoms. The Morgan fingerprint density at radius 2 is 2.15 bits per heavy atom. The van der Waals surface area contributed by atoms with Gasteiger partial charge >= 0.3 is 0 Å². The average molecular weight is 288 g/mol. The smallest absolute Gasteiger partial charge is 0.209 e. The summed E-state index contributed by atoms with van der Waals surface area (Å²) < 4.78 is 1.88. The lowest BCUT2D eigenvalue weighted by molar-refractivity contribution is 0.565. The number of hydrogen-bond acceptors (Lipinski definition) is 5. The molecule has 1 aromatic carbocycles. The number of benzene rings is 1. The second kappa shape index (κ2) is 5.62. The monoisotopic (exact) mass is 288 g/mol. The third-order valence-corrected chi connectivity index (χ3v) is 4.34. The van der Waals surface area contributed by atoms with E-state index in [-0.39, 0.29) is 11.8 Å². The Balaban J connectivity index is 1.71. The molecular formula is C13H16N6S. The lowest BCUT2D eigenvalue weighted by atomic mass is 10.0. The molecule has 1 atom stereocenters. The van der Waals surface area contributed by atoms with Gasteiger partial charge in [0.05, 0.1) is 17.8 Å². The molecular weight excluding hydrogens is 272 g/mol. The van der Waals surface area contributed by atoms with Gasteiger partial charge < -0.3 is 5.73 Å². The highest BCUT2D eigenvalue weighted by molar-refractivity contribution is 7.99. The van der Waals surface area contributed by atoms with Crippen LogP contribution in [0.2, 0.25) is 0 Å². The van der Waals surface area contributed by atoms with E-state index in [2.05, 4.69) is 15.5 Å². The zero-order valence-electron chi connectivity index (χ0n) is 10.9. The number of nitrogens with zero attached hydrogens (tertiary/aromatic N) is 4. The highest BCUT2D eigenvalue weighted by Crippen LogP contribution is 2.37. The summed E-state index contributed by atoms with van der Waals surface area (Å²) >= 11 is 1.56. The predicted octanol–water partition coefficient (Wildman–Crippen LogP) is 1.82. The minimum Gasteiger partial charge on any atom is -0.387 e. The number of amidine groups is 1. The molecule has 0 aliphatic heterocycles. The fourth-order valence-electron chi connectivity index (χ4n) is 2.04. The third kappa shape index (κ3) is 2.82. The van der Waals surface area contributed by atoms with Crippen molar-refractivity contribution in [3.8, 4) is 0 Å². The van der Waals surface area contributed by atoms with E-state index in [0.717, 1.165) is 23.6 Å². The van der Waals surface area contributed by atoms with Gasteiger partial charge in [-0.3, -0.25) is 5.41 Å². The number of tetrazole rings is 1. The molecule has 0 radical (unpaired) electrons. The van der Waals surface area contributed by atoms with Crippen LogP contribution >= 0.6 is 11.8 Å². The van der Waals surface area contributed by atoms with Crippen LogP contribution in [-0.2, 0) is 0 Å². The fraction of sp³-hybridized carbons (Fsp3) is 0.385. The van der Waals surface area contributed by atoms with E-state index < -0.39 is 0 Å². The molecule has 7 heteroatoms. The highest BCUT2D eigenvalue weighted by atomic mass is 32.2. The van der Waals surface area contributed by atoms with Gasteiger partial charge in [0.2, 0.25) is 5.16 Å². The Hall–Kier alpha value is -1.89. The van der Waals surface area contributed by atoms with Crippen LogP contribution in [0.15, 0.2) is 35.5 Å². The van der Waals surface area contributed by atoms with Crippen molar-refractivity contribution in [2.24, 2.45) is 5.73 Å². The second-order valence-electron chi connectivity index (χ2n) is 4.87. The quantitative estimate of drug-likeness (QED) is 0.480. The van der Waals surface area contributed by atoms with Crippen molar-refractivity contribution in [2.45, 2.75) is 30.0 Å². The summed E-state index contributed by atoms with van der Waals surface area (Å²) in [5.41, 5.74) is 6.78. The largest absolute Gasteiger partial charge is 0.387 e. The highest BCUT2D eigenvalue weighted by Gasteiger charge is 2.28. The maximum absolute atomic E-state index is 7.77. The van der Waals surface area contributed by atoms with Crippen molar-refractivity contribution < 1.29 is 0 Å². The van der Waals surface area contributed by atoms with Crippen LogP contribution in [0.25, 0.3) is 0 Å². The van der Waals surface area contributed by atoms with E-state index >= 15 is 0 Å². The molecule has 3 N–H and O–H groups in total. The summed E-state index contributed by atoms with van der Waals surface area (Å²) in [6.45, 7) is 0. The first-order chi connectivity index (χ1) is 9.75. The molecule has 6 nitrogen and oxygen atoms in total. The average Bonchev–Trinajstić information content (AvgIpc) is 3.19. The molecule has 1 aliphatic rings. The van der Waals surface area contributed by atoms with Gasteiger partial charge in [-0.1, -0.05) is 42.1 Å². The van der Waals surface area contributed by atoms with Gasteiger partial charge in [0.25, 0.3) is 0 Å². The lowest BCUT2D eigenvalue weighted by Crippen LogP contribution is -2.22. The molecule has 2 aromatic rings. The van der Waals surface area contributed by atoms with E-state index in [1.807, 2.05) is 35.0 Å². The van der Waals surface area contributed by atoms with Gasteiger partial charge in [-0.05, 0) is 28.8 Å². The minimum absolute atomic E-state index is 0.106. The van der Waals surface area contributed by atoms with E-state index in [1.54, 1.807) is 11.8 Å². The first-order valence-electron chi connectivity index (χ1n) is 6.55. The first-order valence-corrected chi connectivity index (χ1v) is 7.54. The van der Waals surface area contributed by atoms with Gasteiger partial charge in [-0.25, -0.2) is 4.68 Å². The van der Waals surface area contributed by atoms with Gasteiger partial charge in [0.1, 0.15) is 0 Å². The Kier molecular flexibility index (Phi) is 3.68. The van der Waals surface area contributed by atoms with Crippen molar-refractivity contribution in [3.05, 3.63) is 35.9 Å². The lowest BCUT2D eigenvalue weighted by Gasteiger charge is -2.15. The van der Waals surface area contributed by atoms with Crippen molar-refractivity contribution in [1.82, 2.24) is 20.2 Å². The summed E-state index contributed by atoms with van der Waals surface area (Å²) in [7, 11) is 0. The Labute approximate surface area is 121 Å². The van der Waals surface area contributed by atoms with Crippen LogP contribution in [0.3, 0.4) is 0 Å². The molecule has 3 rings (SSSR count). The molecule has 104 valence electrons. The molecule has 0 saturated heterocycles. The van der Waals surface area contributed by atoms with Crippen molar-refractivity contribution >= 4 is 17.6 Å². The first kappa shape index (κ1) is 13.1. The predicted molar refractivity (Wildman–Crippen MR) is 77.9 cm³/mol. The van der Waals surface area contributed by atoms with Crippen LogP contribution in [-0.4, -0.2) is 31.8 Å². The topological polar surface area (TPSA) is 93.5 Å². The summed E-state index contributed by atoms with van der Waals surface area (Å²) in [6.07, 6.45) is 2.29. The molecule has 1 heterocycles. The Morgan fingerprint density at radius 3 is 2.80 bits per heavy atom. The van der Waals surface area contributed by atoms with Crippen LogP contribution in [0, 0.1) is 5.41 Å². The van der Waals surface area contributed by atoms with Crippen LogP contribution in [0.4, 0.5) is 0 Å². The molecule has 1 fully saturated rings. The second-order valence-corrected chi connectivity index (χ2v) is 5.85. The number of aromatic nitrogens is 4. The number of nitrogens with one attached hydrogen (secondary N) is 1. The minimum atomic E-state index is -0.106. The molecule has 20 heavy (non-hydrogen) atoms. The number of thioether (sulfide) groups is 1. The third-order valence-electron chi connectivity index (χ3n) is 3.31. The number of nitrogens with two attached hydrogens (primary N) is 1. The maximum atomic E-state index is 7.77. The van der Waals surface area contributed by atoms with E-state index in [4.69, 9.17) is 11.1 Å². The number of hydrogen-bond donors (Lipinski definition) is 2. The van der Waals surface area contributed by atoms with Crippen molar-refractivity contribution in [2.75, 3.05) is 5.75 Å². The van der Waals surface area contributed by atoms with Crippen molar-refractivity contribution in [1.29, 1.82) is 5.41 Å². The van der Waals surface area contributed by atoms with Crippen LogP contribution in [0.5, 0.6) is 0 Å². The maximum Gasteiger partial charge on any atom is 0.209 e. The summed E-state index contributed by atoms with van der Waals surface area (Å²) in [5.74, 6) is 0.742. The van der Waals surface area contributed by atoms with E-state index in [9.17, 15) is 0 Å². The summed E-state index contributed by atoms with van der Waals surface area (Å²) in [6, 6.07) is 10.3. The summed E-state index contributed by atoms with van der Waals surface area (Å²) in [4.78, 5) is 0. The molecule has 1 saturated carbocycles. The summed E-state index contributed by atoms with van der Waals surface area (Å²) in [5, 5.41) is 20.4. The molecule has 1 aliphatic carbocycles. The Morgan fingerprint density at radius 1 is 1.40 bits per heavy atom. The van der Waals surface area contributed by atoms with Gasteiger partial charge in [0, 0.05) is 5.75 Å². The molecule has 0 spiro atoms. The SMILES string of the molecule is N=C(N)C(CSc1nnnn1C1CC1)c1ccccc1. The zero-order valence-corrected chi connectivity index (χ0v) is 11.8. The fourth-order valence-corrected chi connectivity index (χ4v) is 3.14. The van der Waals surface area contributed by atoms with Crippen molar-refractivity contribution in [3.63, 3.8) is 0 Å². The molecule has 1 aromatic heterocycles.